The lowest BCUT2D eigenvalue weighted by atomic mass is 10.2. The van der Waals surface area contributed by atoms with Gasteiger partial charge in [-0.25, -0.2) is 0 Å². The van der Waals surface area contributed by atoms with Crippen LogP contribution in [0.1, 0.15) is 6.92 Å². The van der Waals surface area contributed by atoms with Crippen LogP contribution < -0.4 is 10.1 Å². The monoisotopic (exact) mass is 491 g/mol. The Morgan fingerprint density at radius 3 is 2.52 bits per heavy atom. The molecule has 1 aromatic heterocycles. The highest BCUT2D eigenvalue weighted by Gasteiger charge is 2.18. The molecule has 0 fully saturated rings. The molecule has 0 saturated carbocycles. The van der Waals surface area contributed by atoms with Crippen LogP contribution in [-0.4, -0.2) is 28.5 Å². The van der Waals surface area contributed by atoms with Crippen LogP contribution in [0.4, 0.5) is 5.69 Å². The third-order valence-electron chi connectivity index (χ3n) is 3.53. The van der Waals surface area contributed by atoms with Crippen LogP contribution in [0.15, 0.2) is 40.0 Å². The Morgan fingerprint density at radius 1 is 1.14 bits per heavy atom. The van der Waals surface area contributed by atoms with E-state index in [0.717, 1.165) is 11.8 Å². The Balaban J connectivity index is 1.67. The summed E-state index contributed by atoms with van der Waals surface area (Å²) < 4.78 is 11.2. The van der Waals surface area contributed by atoms with Gasteiger partial charge in [-0.2, -0.15) is 0 Å². The number of aromatic nitrogens is 2. The van der Waals surface area contributed by atoms with Gasteiger partial charge < -0.3 is 14.5 Å². The van der Waals surface area contributed by atoms with Crippen LogP contribution in [0.25, 0.3) is 11.5 Å². The van der Waals surface area contributed by atoms with Crippen molar-refractivity contribution < 1.29 is 13.9 Å². The van der Waals surface area contributed by atoms with Gasteiger partial charge in [0.1, 0.15) is 5.75 Å². The second-order valence-electron chi connectivity index (χ2n) is 5.48. The first kappa shape index (κ1) is 22.1. The molecule has 0 bridgehead atoms. The molecule has 1 amide bonds. The van der Waals surface area contributed by atoms with E-state index >= 15 is 0 Å². The van der Waals surface area contributed by atoms with E-state index < -0.39 is 5.91 Å². The van der Waals surface area contributed by atoms with Crippen molar-refractivity contribution in [2.45, 2.75) is 12.1 Å². The standard InChI is InChI=1S/C18H13Cl4N3O3S/c1-2-27-12-6-4-3-5-9(12)17-24-25-18(28-17)29-8-13(26)23-16-14(21)10(19)7-11(20)15(16)22/h3-7H,2,8H2,1H3,(H,23,26). The molecule has 6 nitrogen and oxygen atoms in total. The molecule has 0 atom stereocenters. The molecule has 0 saturated heterocycles. The number of nitrogens with zero attached hydrogens (tertiary/aromatic N) is 2. The lowest BCUT2D eigenvalue weighted by molar-refractivity contribution is -0.113. The van der Waals surface area contributed by atoms with Crippen molar-refractivity contribution in [2.24, 2.45) is 0 Å². The average molecular weight is 493 g/mol. The zero-order valence-corrected chi connectivity index (χ0v) is 18.7. The first-order chi connectivity index (χ1) is 13.9. The van der Waals surface area contributed by atoms with E-state index in [2.05, 4.69) is 15.5 Å². The Bertz CT molecular complexity index is 1020. The molecule has 152 valence electrons. The lowest BCUT2D eigenvalue weighted by Crippen LogP contribution is -2.15. The second kappa shape index (κ2) is 9.91. The molecule has 29 heavy (non-hydrogen) atoms. The van der Waals surface area contributed by atoms with Gasteiger partial charge in [0, 0.05) is 0 Å². The average Bonchev–Trinajstić information content (AvgIpc) is 3.18. The number of hydrogen-bond acceptors (Lipinski definition) is 6. The van der Waals surface area contributed by atoms with Crippen molar-refractivity contribution in [3.8, 4) is 17.2 Å². The number of nitrogens with one attached hydrogen (secondary N) is 1. The highest BCUT2D eigenvalue weighted by molar-refractivity contribution is 7.99. The summed E-state index contributed by atoms with van der Waals surface area (Å²) in [6.45, 7) is 2.39. The number of ether oxygens (including phenoxy) is 1. The minimum absolute atomic E-state index is 0.0223. The normalized spacial score (nSPS) is 10.8. The molecule has 0 aliphatic rings. The molecule has 3 rings (SSSR count). The molecule has 2 aromatic carbocycles. The first-order valence-electron chi connectivity index (χ1n) is 8.22. The fraction of sp³-hybridized carbons (Fsp3) is 0.167. The summed E-state index contributed by atoms with van der Waals surface area (Å²) in [5.41, 5.74) is 0.818. The number of benzene rings is 2. The van der Waals surface area contributed by atoms with E-state index in [1.807, 2.05) is 31.2 Å². The van der Waals surface area contributed by atoms with Gasteiger partial charge in [-0.3, -0.25) is 4.79 Å². The maximum atomic E-state index is 12.3. The molecule has 0 radical (unpaired) electrons. The second-order valence-corrected chi connectivity index (χ2v) is 7.98. The minimum atomic E-state index is -0.397. The molecule has 3 aromatic rings. The van der Waals surface area contributed by atoms with Crippen LogP contribution in [0.3, 0.4) is 0 Å². The molecular formula is C18H13Cl4N3O3S. The Morgan fingerprint density at radius 2 is 1.83 bits per heavy atom. The van der Waals surface area contributed by atoms with Gasteiger partial charge in [-0.15, -0.1) is 10.2 Å². The van der Waals surface area contributed by atoms with Crippen molar-refractivity contribution in [1.29, 1.82) is 0 Å². The van der Waals surface area contributed by atoms with Gasteiger partial charge in [0.2, 0.25) is 5.91 Å². The van der Waals surface area contributed by atoms with Crippen molar-refractivity contribution in [3.63, 3.8) is 0 Å². The number of rotatable bonds is 7. The Kier molecular flexibility index (Phi) is 7.54. The summed E-state index contributed by atoms with van der Waals surface area (Å²) in [6, 6.07) is 8.72. The largest absolute Gasteiger partial charge is 0.493 e. The van der Waals surface area contributed by atoms with Crippen LogP contribution in [0.5, 0.6) is 5.75 Å². The molecule has 0 spiro atoms. The van der Waals surface area contributed by atoms with Gasteiger partial charge in [0.15, 0.2) is 0 Å². The molecule has 1 heterocycles. The number of halogens is 4. The summed E-state index contributed by atoms with van der Waals surface area (Å²) in [7, 11) is 0. The molecule has 0 aliphatic carbocycles. The van der Waals surface area contributed by atoms with Crippen molar-refractivity contribution in [2.75, 3.05) is 17.7 Å². The third kappa shape index (κ3) is 5.29. The number of thioether (sulfide) groups is 1. The van der Waals surface area contributed by atoms with E-state index in [9.17, 15) is 4.79 Å². The van der Waals surface area contributed by atoms with Gasteiger partial charge in [-0.05, 0) is 25.1 Å². The van der Waals surface area contributed by atoms with E-state index in [0.29, 0.717) is 23.8 Å². The summed E-state index contributed by atoms with van der Waals surface area (Å²) >= 11 is 25.2. The third-order valence-corrected chi connectivity index (χ3v) is 5.92. The van der Waals surface area contributed by atoms with Gasteiger partial charge in [0.05, 0.1) is 43.7 Å². The van der Waals surface area contributed by atoms with Crippen molar-refractivity contribution in [3.05, 3.63) is 50.4 Å². The predicted molar refractivity (Wildman–Crippen MR) is 117 cm³/mol. The SMILES string of the molecule is CCOc1ccccc1-c1nnc(SCC(=O)Nc2c(Cl)c(Cl)cc(Cl)c2Cl)o1. The van der Waals surface area contributed by atoms with Crippen LogP contribution in [0, 0.1) is 0 Å². The van der Waals surface area contributed by atoms with Gasteiger partial charge in [-0.1, -0.05) is 70.3 Å². The van der Waals surface area contributed by atoms with Crippen molar-refractivity contribution in [1.82, 2.24) is 10.2 Å². The van der Waals surface area contributed by atoms with Gasteiger partial charge >= 0.3 is 0 Å². The fourth-order valence-electron chi connectivity index (χ4n) is 2.29. The van der Waals surface area contributed by atoms with E-state index in [1.165, 1.54) is 6.07 Å². The van der Waals surface area contributed by atoms with Crippen LogP contribution >= 0.6 is 58.2 Å². The minimum Gasteiger partial charge on any atom is -0.493 e. The smallest absolute Gasteiger partial charge is 0.277 e. The quantitative estimate of drug-likeness (QED) is 0.300. The molecular weight excluding hydrogens is 480 g/mol. The van der Waals surface area contributed by atoms with E-state index in [-0.39, 0.29) is 36.8 Å². The molecule has 0 aliphatic heterocycles. The zero-order valence-electron chi connectivity index (χ0n) is 14.8. The zero-order chi connectivity index (χ0) is 21.0. The highest BCUT2D eigenvalue weighted by Crippen LogP contribution is 2.41. The maximum Gasteiger partial charge on any atom is 0.277 e. The van der Waals surface area contributed by atoms with E-state index in [1.54, 1.807) is 0 Å². The Labute approximate surface area is 190 Å². The number of carbonyl (C=O) groups excluding carboxylic acids is 1. The number of carbonyl (C=O) groups is 1. The number of amides is 1. The fourth-order valence-corrected chi connectivity index (χ4v) is 3.75. The van der Waals surface area contributed by atoms with Gasteiger partial charge in [0.25, 0.3) is 11.1 Å². The number of anilines is 1. The first-order valence-corrected chi connectivity index (χ1v) is 10.7. The van der Waals surface area contributed by atoms with Crippen LogP contribution in [0.2, 0.25) is 20.1 Å². The summed E-state index contributed by atoms with van der Waals surface area (Å²) in [6.07, 6.45) is 0. The topological polar surface area (TPSA) is 77.2 Å². The number of para-hydroxylation sites is 1. The Hall–Kier alpha value is -1.64. The summed E-state index contributed by atoms with van der Waals surface area (Å²) in [5.74, 6) is 0.511. The lowest BCUT2D eigenvalue weighted by Gasteiger charge is -2.11. The molecule has 1 N–H and O–H groups in total. The van der Waals surface area contributed by atoms with E-state index in [4.69, 9.17) is 55.6 Å². The maximum absolute atomic E-state index is 12.3. The van der Waals surface area contributed by atoms with Crippen LogP contribution in [-0.2, 0) is 4.79 Å². The summed E-state index contributed by atoms with van der Waals surface area (Å²) in [5, 5.41) is 11.4. The molecule has 0 unspecified atom stereocenters. The molecule has 11 heteroatoms. The predicted octanol–water partition coefficient (Wildman–Crippen LogP) is 6.48. The van der Waals surface area contributed by atoms with Crippen molar-refractivity contribution >= 4 is 69.8 Å². The summed E-state index contributed by atoms with van der Waals surface area (Å²) in [4.78, 5) is 12.3. The number of hydrogen-bond donors (Lipinski definition) is 1. The highest BCUT2D eigenvalue weighted by atomic mass is 35.5.